The Morgan fingerprint density at radius 1 is 1.13 bits per heavy atom. The summed E-state index contributed by atoms with van der Waals surface area (Å²) in [5.74, 6) is -0.981. The number of esters is 1. The first-order valence-corrected chi connectivity index (χ1v) is 10.2. The fourth-order valence-electron chi connectivity index (χ4n) is 2.82. The molecule has 2 aliphatic rings. The summed E-state index contributed by atoms with van der Waals surface area (Å²) >= 11 is 1.37. The minimum absolute atomic E-state index is 0.0130. The van der Waals surface area contributed by atoms with Crippen LogP contribution in [0.1, 0.15) is 10.4 Å². The number of para-hydroxylation sites is 2. The van der Waals surface area contributed by atoms with Crippen molar-refractivity contribution < 1.29 is 33.4 Å². The summed E-state index contributed by atoms with van der Waals surface area (Å²) in [5, 5.41) is 2.67. The van der Waals surface area contributed by atoms with Gasteiger partial charge in [-0.15, -0.1) is 11.8 Å². The van der Waals surface area contributed by atoms with Gasteiger partial charge < -0.3 is 19.5 Å². The molecular formula is C20H17N3O7S. The molecule has 2 aliphatic heterocycles. The van der Waals surface area contributed by atoms with Gasteiger partial charge in [0.2, 0.25) is 12.0 Å². The highest BCUT2D eigenvalue weighted by Gasteiger charge is 2.27. The van der Waals surface area contributed by atoms with E-state index in [2.05, 4.69) is 16.2 Å². The normalized spacial score (nSPS) is 16.4. The third-order valence-corrected chi connectivity index (χ3v) is 5.38. The summed E-state index contributed by atoms with van der Waals surface area (Å²) in [4.78, 5) is 48.6. The zero-order valence-corrected chi connectivity index (χ0v) is 16.8. The van der Waals surface area contributed by atoms with Gasteiger partial charge in [-0.1, -0.05) is 12.1 Å². The lowest BCUT2D eigenvalue weighted by molar-refractivity contribution is -0.135. The molecule has 3 N–H and O–H groups in total. The minimum Gasteiger partial charge on any atom is -0.485 e. The first-order valence-electron chi connectivity index (χ1n) is 9.20. The van der Waals surface area contributed by atoms with Crippen LogP contribution < -0.4 is 25.6 Å². The maximum Gasteiger partial charge on any atom is 0.338 e. The number of anilines is 1. The lowest BCUT2D eigenvalue weighted by Crippen LogP contribution is -2.51. The molecule has 11 heteroatoms. The van der Waals surface area contributed by atoms with Crippen molar-refractivity contribution in [2.24, 2.45) is 0 Å². The van der Waals surface area contributed by atoms with Crippen LogP contribution in [-0.4, -0.2) is 48.8 Å². The molecule has 0 spiro atoms. The van der Waals surface area contributed by atoms with Gasteiger partial charge in [-0.05, 0) is 30.3 Å². The molecule has 0 aliphatic carbocycles. The molecule has 1 unspecified atom stereocenters. The molecule has 2 aromatic rings. The predicted octanol–water partition coefficient (Wildman–Crippen LogP) is 0.875. The number of carbonyl (C=O) groups excluding carboxylic acids is 4. The highest BCUT2D eigenvalue weighted by Crippen LogP contribution is 2.32. The Balaban J connectivity index is 1.23. The van der Waals surface area contributed by atoms with E-state index in [1.165, 1.54) is 17.8 Å². The first kappa shape index (κ1) is 20.5. The van der Waals surface area contributed by atoms with Crippen LogP contribution in [0.25, 0.3) is 0 Å². The first-order chi connectivity index (χ1) is 15.0. The number of amides is 3. The van der Waals surface area contributed by atoms with Crippen LogP contribution in [-0.2, 0) is 19.1 Å². The Kier molecular flexibility index (Phi) is 5.94. The van der Waals surface area contributed by atoms with Crippen LogP contribution in [0, 0.1) is 0 Å². The largest absolute Gasteiger partial charge is 0.485 e. The molecule has 160 valence electrons. The standard InChI is InChI=1S/C20H17N3O7S/c24-17(22-23-19(26)15-8-28-13-3-1-2-4-14(13)30-15)9-29-20(27)11-5-6-16-12(7-11)21-18(25)10-31-16/h1-7,15H,8-10H2,(H,21,25)(H,22,24)(H,23,26). The van der Waals surface area contributed by atoms with Crippen molar-refractivity contribution in [3.05, 3.63) is 48.0 Å². The number of benzene rings is 2. The molecule has 10 nitrogen and oxygen atoms in total. The Labute approximate surface area is 180 Å². The van der Waals surface area contributed by atoms with Crippen molar-refractivity contribution in [3.8, 4) is 11.5 Å². The van der Waals surface area contributed by atoms with Crippen molar-refractivity contribution >= 4 is 41.1 Å². The van der Waals surface area contributed by atoms with Gasteiger partial charge in [-0.2, -0.15) is 0 Å². The smallest absolute Gasteiger partial charge is 0.338 e. The lowest BCUT2D eigenvalue weighted by atomic mass is 10.2. The molecule has 4 rings (SSSR count). The number of nitrogens with one attached hydrogen (secondary N) is 3. The van der Waals surface area contributed by atoms with Crippen LogP contribution >= 0.6 is 11.8 Å². The monoisotopic (exact) mass is 443 g/mol. The number of hydrogen-bond acceptors (Lipinski definition) is 8. The van der Waals surface area contributed by atoms with E-state index in [0.29, 0.717) is 22.9 Å². The second kappa shape index (κ2) is 8.96. The summed E-state index contributed by atoms with van der Waals surface area (Å²) in [5.41, 5.74) is 5.06. The Morgan fingerprint density at radius 3 is 2.77 bits per heavy atom. The van der Waals surface area contributed by atoms with Crippen molar-refractivity contribution in [3.63, 3.8) is 0 Å². The van der Waals surface area contributed by atoms with E-state index in [1.807, 2.05) is 0 Å². The van der Waals surface area contributed by atoms with Crippen LogP contribution in [0.2, 0.25) is 0 Å². The maximum atomic E-state index is 12.2. The number of thioether (sulfide) groups is 1. The molecule has 0 radical (unpaired) electrons. The van der Waals surface area contributed by atoms with Gasteiger partial charge in [0.1, 0.15) is 6.61 Å². The molecular weight excluding hydrogens is 426 g/mol. The zero-order valence-electron chi connectivity index (χ0n) is 16.0. The summed E-state index contributed by atoms with van der Waals surface area (Å²) < 4.78 is 15.9. The van der Waals surface area contributed by atoms with Gasteiger partial charge in [0.15, 0.2) is 18.1 Å². The SMILES string of the molecule is O=C(COC(=O)c1ccc2c(c1)NC(=O)CS2)NNC(=O)C1COc2ccccc2O1. The van der Waals surface area contributed by atoms with Crippen LogP contribution in [0.3, 0.4) is 0 Å². The average Bonchev–Trinajstić information content (AvgIpc) is 2.80. The average molecular weight is 443 g/mol. The van der Waals surface area contributed by atoms with E-state index in [4.69, 9.17) is 14.2 Å². The van der Waals surface area contributed by atoms with E-state index in [9.17, 15) is 19.2 Å². The van der Waals surface area contributed by atoms with Gasteiger partial charge >= 0.3 is 5.97 Å². The number of carbonyl (C=O) groups is 4. The Hall–Kier alpha value is -3.73. The summed E-state index contributed by atoms with van der Waals surface area (Å²) in [7, 11) is 0. The maximum absolute atomic E-state index is 12.2. The fourth-order valence-corrected chi connectivity index (χ4v) is 3.61. The van der Waals surface area contributed by atoms with Crippen molar-refractivity contribution in [2.45, 2.75) is 11.0 Å². The second-order valence-electron chi connectivity index (χ2n) is 6.53. The summed E-state index contributed by atoms with van der Waals surface area (Å²) in [6.07, 6.45) is -0.943. The van der Waals surface area contributed by atoms with Gasteiger partial charge in [0.25, 0.3) is 11.8 Å². The quantitative estimate of drug-likeness (QED) is 0.469. The van der Waals surface area contributed by atoms with Crippen molar-refractivity contribution in [1.82, 2.24) is 10.9 Å². The van der Waals surface area contributed by atoms with E-state index in [0.717, 1.165) is 4.90 Å². The Morgan fingerprint density at radius 2 is 1.94 bits per heavy atom. The predicted molar refractivity (Wildman–Crippen MR) is 109 cm³/mol. The van der Waals surface area contributed by atoms with E-state index in [1.54, 1.807) is 36.4 Å². The molecule has 0 aromatic heterocycles. The second-order valence-corrected chi connectivity index (χ2v) is 7.54. The molecule has 1 atom stereocenters. The van der Waals surface area contributed by atoms with Crippen molar-refractivity contribution in [2.75, 3.05) is 24.3 Å². The fraction of sp³-hybridized carbons (Fsp3) is 0.200. The van der Waals surface area contributed by atoms with Gasteiger partial charge in [0, 0.05) is 4.90 Å². The molecule has 0 saturated carbocycles. The van der Waals surface area contributed by atoms with Gasteiger partial charge in [-0.25, -0.2) is 4.79 Å². The summed E-state index contributed by atoms with van der Waals surface area (Å²) in [6.45, 7) is -0.622. The van der Waals surface area contributed by atoms with Crippen LogP contribution in [0.4, 0.5) is 5.69 Å². The number of fused-ring (bicyclic) bond motifs is 2. The number of ether oxygens (including phenoxy) is 3. The molecule has 0 saturated heterocycles. The van der Waals surface area contributed by atoms with Gasteiger partial charge in [0.05, 0.1) is 17.0 Å². The molecule has 31 heavy (non-hydrogen) atoms. The molecule has 0 fully saturated rings. The molecule has 2 heterocycles. The lowest BCUT2D eigenvalue weighted by Gasteiger charge is -2.25. The Bertz CT molecular complexity index is 1060. The van der Waals surface area contributed by atoms with E-state index < -0.39 is 30.5 Å². The minimum atomic E-state index is -0.943. The highest BCUT2D eigenvalue weighted by molar-refractivity contribution is 8.00. The topological polar surface area (TPSA) is 132 Å². The summed E-state index contributed by atoms with van der Waals surface area (Å²) in [6, 6.07) is 11.6. The molecule has 2 aromatic carbocycles. The number of rotatable bonds is 4. The highest BCUT2D eigenvalue weighted by atomic mass is 32.2. The molecule has 0 bridgehead atoms. The number of hydrazine groups is 1. The van der Waals surface area contributed by atoms with Crippen LogP contribution in [0.15, 0.2) is 47.4 Å². The molecule has 3 amide bonds. The van der Waals surface area contributed by atoms with Crippen molar-refractivity contribution in [1.29, 1.82) is 0 Å². The van der Waals surface area contributed by atoms with Gasteiger partial charge in [-0.3, -0.25) is 25.2 Å². The van der Waals surface area contributed by atoms with Crippen LogP contribution in [0.5, 0.6) is 11.5 Å². The van der Waals surface area contributed by atoms with E-state index >= 15 is 0 Å². The number of hydrogen-bond donors (Lipinski definition) is 3. The third kappa shape index (κ3) is 4.89. The van der Waals surface area contributed by atoms with E-state index in [-0.39, 0.29) is 18.1 Å². The third-order valence-electron chi connectivity index (χ3n) is 4.31. The zero-order chi connectivity index (χ0) is 21.8.